The average Bonchev–Trinajstić information content (AvgIpc) is 2.93. The molecule has 0 bridgehead atoms. The van der Waals surface area contributed by atoms with Crippen molar-refractivity contribution in [1.29, 1.82) is 0 Å². The molecule has 0 atom stereocenters. The van der Waals surface area contributed by atoms with E-state index in [0.29, 0.717) is 23.6 Å². The van der Waals surface area contributed by atoms with E-state index >= 15 is 0 Å². The lowest BCUT2D eigenvalue weighted by atomic mass is 10.2. The van der Waals surface area contributed by atoms with Crippen LogP contribution in [0, 0.1) is 0 Å². The molecule has 0 aliphatic carbocycles. The Hall–Kier alpha value is -1.77. The second kappa shape index (κ2) is 6.33. The standard InChI is InChI=1S/C13H15N3O3S2/c1-2-9-7-15-12(19-9)8-16-21(17,18)11-6-4-3-5-10(11)13(14)20/h3-7,16H,2,8H2,1H3,(H2,14,20). The lowest BCUT2D eigenvalue weighted by Gasteiger charge is -2.09. The quantitative estimate of drug-likeness (QED) is 0.778. The SMILES string of the molecule is CCc1cnc(CNS(=O)(=O)c2ccccc2C(N)=S)o1. The number of aryl methyl sites for hydroxylation is 1. The van der Waals surface area contributed by atoms with Crippen LogP contribution in [0.5, 0.6) is 0 Å². The van der Waals surface area contributed by atoms with E-state index in [-0.39, 0.29) is 16.4 Å². The van der Waals surface area contributed by atoms with E-state index in [2.05, 4.69) is 9.71 Å². The largest absolute Gasteiger partial charge is 0.444 e. The van der Waals surface area contributed by atoms with Gasteiger partial charge in [0.15, 0.2) is 0 Å². The van der Waals surface area contributed by atoms with Crippen molar-refractivity contribution in [3.63, 3.8) is 0 Å². The number of rotatable bonds is 6. The van der Waals surface area contributed by atoms with E-state index in [1.54, 1.807) is 24.4 Å². The van der Waals surface area contributed by atoms with Crippen LogP contribution in [0.2, 0.25) is 0 Å². The van der Waals surface area contributed by atoms with Crippen molar-refractivity contribution in [1.82, 2.24) is 9.71 Å². The van der Waals surface area contributed by atoms with E-state index in [9.17, 15) is 8.42 Å². The molecule has 0 aliphatic rings. The van der Waals surface area contributed by atoms with Gasteiger partial charge in [0.1, 0.15) is 10.7 Å². The molecular weight excluding hydrogens is 310 g/mol. The zero-order valence-corrected chi connectivity index (χ0v) is 13.0. The smallest absolute Gasteiger partial charge is 0.241 e. The van der Waals surface area contributed by atoms with Crippen LogP contribution in [0.25, 0.3) is 0 Å². The predicted molar refractivity (Wildman–Crippen MR) is 82.2 cm³/mol. The second-order valence-corrected chi connectivity index (χ2v) is 6.43. The molecule has 0 amide bonds. The predicted octanol–water partition coefficient (Wildman–Crippen LogP) is 1.35. The lowest BCUT2D eigenvalue weighted by molar-refractivity contribution is 0.452. The number of nitrogens with two attached hydrogens (primary N) is 1. The zero-order valence-electron chi connectivity index (χ0n) is 11.4. The van der Waals surface area contributed by atoms with Gasteiger partial charge in [-0.25, -0.2) is 18.1 Å². The van der Waals surface area contributed by atoms with E-state index in [4.69, 9.17) is 22.4 Å². The number of oxazole rings is 1. The minimum atomic E-state index is -3.75. The van der Waals surface area contributed by atoms with E-state index < -0.39 is 10.0 Å². The fourth-order valence-electron chi connectivity index (χ4n) is 1.73. The molecule has 21 heavy (non-hydrogen) atoms. The van der Waals surface area contributed by atoms with Gasteiger partial charge in [0.2, 0.25) is 15.9 Å². The van der Waals surface area contributed by atoms with Crippen molar-refractivity contribution in [2.24, 2.45) is 5.73 Å². The van der Waals surface area contributed by atoms with Gasteiger partial charge >= 0.3 is 0 Å². The van der Waals surface area contributed by atoms with Crippen LogP contribution in [0.15, 0.2) is 39.8 Å². The number of hydrogen-bond donors (Lipinski definition) is 2. The summed E-state index contributed by atoms with van der Waals surface area (Å²) < 4.78 is 32.4. The molecule has 2 rings (SSSR count). The van der Waals surface area contributed by atoms with Crippen LogP contribution >= 0.6 is 12.2 Å². The molecule has 1 aromatic heterocycles. The second-order valence-electron chi connectivity index (χ2n) is 4.26. The molecule has 2 aromatic rings. The molecule has 0 fully saturated rings. The van der Waals surface area contributed by atoms with Gasteiger partial charge in [0, 0.05) is 12.0 Å². The van der Waals surface area contributed by atoms with Crippen LogP contribution in [-0.2, 0) is 23.0 Å². The molecule has 1 aromatic carbocycles. The van der Waals surface area contributed by atoms with Gasteiger partial charge in [-0.15, -0.1) is 0 Å². The first-order valence-corrected chi connectivity index (χ1v) is 8.15. The van der Waals surface area contributed by atoms with E-state index in [1.807, 2.05) is 6.92 Å². The third-order valence-corrected chi connectivity index (χ3v) is 4.48. The summed E-state index contributed by atoms with van der Waals surface area (Å²) >= 11 is 4.87. The Kier molecular flexibility index (Phi) is 4.71. The van der Waals surface area contributed by atoms with Crippen molar-refractivity contribution in [2.75, 3.05) is 0 Å². The molecule has 6 nitrogen and oxygen atoms in total. The van der Waals surface area contributed by atoms with Crippen molar-refractivity contribution in [3.05, 3.63) is 47.7 Å². The third-order valence-electron chi connectivity index (χ3n) is 2.81. The Morgan fingerprint density at radius 1 is 1.43 bits per heavy atom. The first-order valence-electron chi connectivity index (χ1n) is 6.26. The third kappa shape index (κ3) is 3.66. The van der Waals surface area contributed by atoms with Gasteiger partial charge in [0.05, 0.1) is 17.6 Å². The maximum Gasteiger partial charge on any atom is 0.241 e. The number of nitrogens with one attached hydrogen (secondary N) is 1. The van der Waals surface area contributed by atoms with Gasteiger partial charge in [-0.3, -0.25) is 0 Å². The minimum absolute atomic E-state index is 0.0281. The molecule has 0 aliphatic heterocycles. The molecule has 0 saturated heterocycles. The van der Waals surface area contributed by atoms with Gasteiger partial charge in [-0.05, 0) is 6.07 Å². The zero-order chi connectivity index (χ0) is 15.5. The average molecular weight is 325 g/mol. The van der Waals surface area contributed by atoms with Crippen molar-refractivity contribution in [3.8, 4) is 0 Å². The fraction of sp³-hybridized carbons (Fsp3) is 0.231. The number of sulfonamides is 1. The number of thiocarbonyl (C=S) groups is 1. The van der Waals surface area contributed by atoms with Gasteiger partial charge in [-0.2, -0.15) is 0 Å². The Balaban J connectivity index is 2.21. The van der Waals surface area contributed by atoms with Crippen molar-refractivity contribution in [2.45, 2.75) is 24.8 Å². The molecule has 0 spiro atoms. The Morgan fingerprint density at radius 3 is 2.76 bits per heavy atom. The Morgan fingerprint density at radius 2 is 2.14 bits per heavy atom. The highest BCUT2D eigenvalue weighted by atomic mass is 32.2. The highest BCUT2D eigenvalue weighted by molar-refractivity contribution is 7.89. The van der Waals surface area contributed by atoms with Gasteiger partial charge in [-0.1, -0.05) is 37.3 Å². The minimum Gasteiger partial charge on any atom is -0.444 e. The first kappa shape index (κ1) is 15.6. The summed E-state index contributed by atoms with van der Waals surface area (Å²) in [6.07, 6.45) is 2.27. The number of nitrogens with zero attached hydrogens (tertiary/aromatic N) is 1. The number of hydrogen-bond acceptors (Lipinski definition) is 5. The molecule has 112 valence electrons. The van der Waals surface area contributed by atoms with Crippen LogP contribution in [0.3, 0.4) is 0 Å². The molecule has 3 N–H and O–H groups in total. The summed E-state index contributed by atoms with van der Waals surface area (Å²) in [5, 5.41) is 0. The molecular formula is C13H15N3O3S2. The van der Waals surface area contributed by atoms with Crippen molar-refractivity contribution >= 4 is 27.2 Å². The summed E-state index contributed by atoms with van der Waals surface area (Å²) in [6.45, 7) is 1.89. The van der Waals surface area contributed by atoms with E-state index in [0.717, 1.165) is 0 Å². The normalized spacial score (nSPS) is 11.5. The highest BCUT2D eigenvalue weighted by Crippen LogP contribution is 2.15. The van der Waals surface area contributed by atoms with Gasteiger partial charge in [0.25, 0.3) is 0 Å². The molecule has 0 radical (unpaired) electrons. The Bertz CT molecular complexity index is 754. The fourth-order valence-corrected chi connectivity index (χ4v) is 3.17. The van der Waals surface area contributed by atoms with Crippen LogP contribution in [-0.4, -0.2) is 18.4 Å². The summed E-state index contributed by atoms with van der Waals surface area (Å²) in [5.74, 6) is 1.01. The molecule has 0 saturated carbocycles. The monoisotopic (exact) mass is 325 g/mol. The number of benzene rings is 1. The van der Waals surface area contributed by atoms with Gasteiger partial charge < -0.3 is 10.2 Å². The first-order chi connectivity index (χ1) is 9.94. The maximum absolute atomic E-state index is 12.3. The lowest BCUT2D eigenvalue weighted by Crippen LogP contribution is -2.26. The highest BCUT2D eigenvalue weighted by Gasteiger charge is 2.19. The van der Waals surface area contributed by atoms with Crippen LogP contribution < -0.4 is 10.5 Å². The summed E-state index contributed by atoms with van der Waals surface area (Å²) in [6, 6.07) is 6.30. The molecule has 0 unspecified atom stereocenters. The molecule has 8 heteroatoms. The maximum atomic E-state index is 12.3. The topological polar surface area (TPSA) is 98.2 Å². The van der Waals surface area contributed by atoms with Crippen LogP contribution in [0.4, 0.5) is 0 Å². The molecule has 1 heterocycles. The Labute approximate surface area is 128 Å². The van der Waals surface area contributed by atoms with Crippen molar-refractivity contribution < 1.29 is 12.8 Å². The summed E-state index contributed by atoms with van der Waals surface area (Å²) in [7, 11) is -3.75. The van der Waals surface area contributed by atoms with Crippen LogP contribution in [0.1, 0.15) is 24.1 Å². The summed E-state index contributed by atoms with van der Waals surface area (Å²) in [5.41, 5.74) is 5.86. The number of aromatic nitrogens is 1. The van der Waals surface area contributed by atoms with E-state index in [1.165, 1.54) is 6.07 Å². The summed E-state index contributed by atoms with van der Waals surface area (Å²) in [4.78, 5) is 4.07.